The monoisotopic (exact) mass is 612 g/mol. The van der Waals surface area contributed by atoms with Gasteiger partial charge in [-0.25, -0.2) is 4.79 Å². The molecule has 0 bridgehead atoms. The van der Waals surface area contributed by atoms with E-state index in [0.29, 0.717) is 22.9 Å². The molecule has 2 aromatic carbocycles. The predicted octanol–water partition coefficient (Wildman–Crippen LogP) is 4.06. The Kier molecular flexibility index (Phi) is 10.2. The minimum atomic E-state index is -0.777. The Morgan fingerprint density at radius 2 is 1.56 bits per heavy atom. The van der Waals surface area contributed by atoms with Gasteiger partial charge in [0.15, 0.2) is 24.7 Å². The first kappa shape index (κ1) is 30.9. The van der Waals surface area contributed by atoms with Crippen molar-refractivity contribution in [3.05, 3.63) is 84.8 Å². The molecule has 226 valence electrons. The number of benzene rings is 2. The van der Waals surface area contributed by atoms with Gasteiger partial charge < -0.3 is 24.8 Å². The van der Waals surface area contributed by atoms with Crippen LogP contribution in [0.5, 0.6) is 11.5 Å². The maximum absolute atomic E-state index is 13.2. The summed E-state index contributed by atoms with van der Waals surface area (Å²) >= 11 is 1.30. The average molecular weight is 613 g/mol. The minimum absolute atomic E-state index is 0.0365. The van der Waals surface area contributed by atoms with Crippen LogP contribution in [0.4, 0.5) is 16.4 Å². The van der Waals surface area contributed by atoms with E-state index in [4.69, 9.17) is 14.2 Å². The maximum Gasteiger partial charge on any atom is 0.344 e. The fourth-order valence-corrected chi connectivity index (χ4v) is 5.87. The number of carbonyl (C=O) groups excluding carboxylic acids is 3. The highest BCUT2D eigenvalue weighted by molar-refractivity contribution is 7.17. The van der Waals surface area contributed by atoms with Crippen molar-refractivity contribution >= 4 is 45.5 Å². The molecule has 1 heterocycles. The second kappa shape index (κ2) is 14.2. The van der Waals surface area contributed by atoms with Crippen LogP contribution in [0, 0.1) is 26.1 Å². The van der Waals surface area contributed by atoms with Gasteiger partial charge >= 0.3 is 17.3 Å². The number of esters is 1. The Morgan fingerprint density at radius 3 is 2.19 bits per heavy atom. The largest absolute Gasteiger partial charge is 0.477 e. The third kappa shape index (κ3) is 8.03. The van der Waals surface area contributed by atoms with E-state index in [2.05, 4.69) is 17.6 Å². The standard InChI is InChI=1S/C28H28N4O10S/c1-17-10-11-18-23(14-17)43-28(30-24(33)15-41-21-8-4-2-6-19(21)31(36)37)26(18)27(35)29-12-13-40-25(34)16-42-22-9-5-3-7-20(22)32(38)39/h2-9,17H,10-16H2,1H3,(H,29,35)(H,30,33). The van der Waals surface area contributed by atoms with E-state index in [0.717, 1.165) is 23.3 Å². The first-order valence-corrected chi connectivity index (χ1v) is 14.1. The number of para-hydroxylation sites is 4. The van der Waals surface area contributed by atoms with Crippen LogP contribution < -0.4 is 20.1 Å². The van der Waals surface area contributed by atoms with Gasteiger partial charge in [-0.1, -0.05) is 31.2 Å². The van der Waals surface area contributed by atoms with Crippen LogP contribution in [0.2, 0.25) is 0 Å². The van der Waals surface area contributed by atoms with Crippen molar-refractivity contribution in [2.75, 3.05) is 31.7 Å². The van der Waals surface area contributed by atoms with Crippen molar-refractivity contribution in [3.63, 3.8) is 0 Å². The van der Waals surface area contributed by atoms with Crippen LogP contribution in [-0.4, -0.2) is 54.0 Å². The van der Waals surface area contributed by atoms with Crippen LogP contribution in [0.1, 0.15) is 34.1 Å². The summed E-state index contributed by atoms with van der Waals surface area (Å²) in [5, 5.41) is 28.0. The molecule has 0 aliphatic heterocycles. The number of anilines is 1. The lowest BCUT2D eigenvalue weighted by Crippen LogP contribution is -2.30. The number of nitrogens with one attached hydrogen (secondary N) is 2. The van der Waals surface area contributed by atoms with Gasteiger partial charge in [-0.15, -0.1) is 11.3 Å². The second-order valence-electron chi connectivity index (χ2n) is 9.61. The smallest absolute Gasteiger partial charge is 0.344 e. The van der Waals surface area contributed by atoms with Gasteiger partial charge in [-0.2, -0.15) is 0 Å². The summed E-state index contributed by atoms with van der Waals surface area (Å²) < 4.78 is 15.7. The molecule has 14 nitrogen and oxygen atoms in total. The molecule has 1 atom stereocenters. The van der Waals surface area contributed by atoms with Crippen molar-refractivity contribution < 1.29 is 38.4 Å². The first-order chi connectivity index (χ1) is 20.6. The highest BCUT2D eigenvalue weighted by Gasteiger charge is 2.28. The van der Waals surface area contributed by atoms with Gasteiger partial charge in [0, 0.05) is 17.0 Å². The van der Waals surface area contributed by atoms with E-state index >= 15 is 0 Å². The number of nitro benzene ring substituents is 2. The molecule has 0 spiro atoms. The molecule has 3 aromatic rings. The van der Waals surface area contributed by atoms with Crippen LogP contribution >= 0.6 is 11.3 Å². The van der Waals surface area contributed by atoms with Gasteiger partial charge in [-0.05, 0) is 42.9 Å². The highest BCUT2D eigenvalue weighted by Crippen LogP contribution is 2.39. The molecule has 1 aliphatic rings. The molecular weight excluding hydrogens is 584 g/mol. The molecule has 0 radical (unpaired) electrons. The number of ether oxygens (including phenoxy) is 3. The number of nitro groups is 2. The van der Waals surface area contributed by atoms with E-state index in [1.54, 1.807) is 6.07 Å². The van der Waals surface area contributed by atoms with Gasteiger partial charge in [-0.3, -0.25) is 29.8 Å². The zero-order valence-electron chi connectivity index (χ0n) is 23.0. The van der Waals surface area contributed by atoms with E-state index in [1.165, 1.54) is 53.8 Å². The fourth-order valence-electron chi connectivity index (χ4n) is 4.44. The quantitative estimate of drug-likeness (QED) is 0.123. The zero-order chi connectivity index (χ0) is 30.9. The molecule has 4 rings (SSSR count). The molecule has 2 amide bonds. The van der Waals surface area contributed by atoms with E-state index in [-0.39, 0.29) is 36.0 Å². The molecular formula is C28H28N4O10S. The minimum Gasteiger partial charge on any atom is -0.477 e. The third-order valence-electron chi connectivity index (χ3n) is 6.47. The Labute approximate surface area is 249 Å². The second-order valence-corrected chi connectivity index (χ2v) is 10.7. The number of nitrogens with zero attached hydrogens (tertiary/aromatic N) is 2. The summed E-state index contributed by atoms with van der Waals surface area (Å²) in [6.07, 6.45) is 2.27. The number of amides is 2. The summed E-state index contributed by atoms with van der Waals surface area (Å²) in [5.74, 6) is -1.55. The lowest BCUT2D eigenvalue weighted by molar-refractivity contribution is -0.386. The first-order valence-electron chi connectivity index (χ1n) is 13.2. The van der Waals surface area contributed by atoms with Crippen molar-refractivity contribution in [3.8, 4) is 11.5 Å². The van der Waals surface area contributed by atoms with Crippen LogP contribution in [0.25, 0.3) is 0 Å². The summed E-state index contributed by atoms with van der Waals surface area (Å²) in [6.45, 7) is 0.828. The summed E-state index contributed by atoms with van der Waals surface area (Å²) in [4.78, 5) is 60.1. The Hall–Kier alpha value is -5.05. The third-order valence-corrected chi connectivity index (χ3v) is 7.64. The molecule has 43 heavy (non-hydrogen) atoms. The fraction of sp³-hybridized carbons (Fsp3) is 0.321. The van der Waals surface area contributed by atoms with Gasteiger partial charge in [0.05, 0.1) is 22.0 Å². The molecule has 1 aromatic heterocycles. The number of fused-ring (bicyclic) bond motifs is 1. The van der Waals surface area contributed by atoms with Crippen LogP contribution in [0.3, 0.4) is 0 Å². The molecule has 1 unspecified atom stereocenters. The zero-order valence-corrected chi connectivity index (χ0v) is 23.8. The molecule has 0 fully saturated rings. The molecule has 0 saturated carbocycles. The number of rotatable bonds is 13. The SMILES string of the molecule is CC1CCc2c(sc(NC(=O)COc3ccccc3[N+](=O)[O-])c2C(=O)NCCOC(=O)COc2ccccc2[N+](=O)[O-])C1. The summed E-state index contributed by atoms with van der Waals surface area (Å²) in [7, 11) is 0. The highest BCUT2D eigenvalue weighted by atomic mass is 32.1. The number of carbonyl (C=O) groups is 3. The molecule has 15 heteroatoms. The van der Waals surface area contributed by atoms with Crippen molar-refractivity contribution in [2.45, 2.75) is 26.2 Å². The van der Waals surface area contributed by atoms with Crippen LogP contribution in [0.15, 0.2) is 48.5 Å². The van der Waals surface area contributed by atoms with Gasteiger partial charge in [0.25, 0.3) is 11.8 Å². The lowest BCUT2D eigenvalue weighted by Gasteiger charge is -2.18. The average Bonchev–Trinajstić information content (AvgIpc) is 3.33. The Bertz CT molecular complexity index is 1540. The number of hydrogen-bond donors (Lipinski definition) is 2. The number of hydrogen-bond acceptors (Lipinski definition) is 11. The van der Waals surface area contributed by atoms with Crippen molar-refractivity contribution in [1.29, 1.82) is 0 Å². The van der Waals surface area contributed by atoms with Crippen molar-refractivity contribution in [2.24, 2.45) is 5.92 Å². The molecule has 2 N–H and O–H groups in total. The normalized spacial score (nSPS) is 13.7. The Morgan fingerprint density at radius 1 is 0.953 bits per heavy atom. The number of thiophene rings is 1. The van der Waals surface area contributed by atoms with Gasteiger partial charge in [0.2, 0.25) is 0 Å². The summed E-state index contributed by atoms with van der Waals surface area (Å²) in [6, 6.07) is 11.3. The van der Waals surface area contributed by atoms with Crippen LogP contribution in [-0.2, 0) is 27.2 Å². The van der Waals surface area contributed by atoms with E-state index in [1.807, 2.05) is 0 Å². The lowest BCUT2D eigenvalue weighted by atomic mass is 9.88. The topological polar surface area (TPSA) is 189 Å². The molecule has 0 saturated heterocycles. The predicted molar refractivity (Wildman–Crippen MR) is 155 cm³/mol. The van der Waals surface area contributed by atoms with E-state index in [9.17, 15) is 34.6 Å². The molecule has 1 aliphatic carbocycles. The van der Waals surface area contributed by atoms with E-state index < -0.39 is 40.8 Å². The summed E-state index contributed by atoms with van der Waals surface area (Å²) in [5.41, 5.74) is 0.596. The maximum atomic E-state index is 13.2. The van der Waals surface area contributed by atoms with Gasteiger partial charge in [0.1, 0.15) is 11.6 Å². The Balaban J connectivity index is 1.33. The van der Waals surface area contributed by atoms with Crippen molar-refractivity contribution in [1.82, 2.24) is 5.32 Å².